The van der Waals surface area contributed by atoms with Crippen LogP contribution in [0.25, 0.3) is 0 Å². The monoisotopic (exact) mass is 251 g/mol. The van der Waals surface area contributed by atoms with E-state index in [1.165, 1.54) is 6.33 Å². The highest BCUT2D eigenvalue weighted by Gasteiger charge is 2.16. The Morgan fingerprint density at radius 1 is 1.11 bits per heavy atom. The molecule has 4 N–H and O–H groups in total. The van der Waals surface area contributed by atoms with Gasteiger partial charge in [0.1, 0.15) is 18.0 Å². The molecule has 5 heteroatoms. The number of nitrogen functional groups attached to an aromatic ring is 1. The van der Waals surface area contributed by atoms with E-state index < -0.39 is 0 Å². The van der Waals surface area contributed by atoms with Gasteiger partial charge in [-0.05, 0) is 25.2 Å². The van der Waals surface area contributed by atoms with Crippen molar-refractivity contribution in [2.24, 2.45) is 11.8 Å². The lowest BCUT2D eigenvalue weighted by molar-refractivity contribution is 0.538. The van der Waals surface area contributed by atoms with Gasteiger partial charge in [-0.15, -0.1) is 0 Å². The predicted molar refractivity (Wildman–Crippen MR) is 76.5 cm³/mol. The minimum Gasteiger partial charge on any atom is -0.367 e. The van der Waals surface area contributed by atoms with Crippen LogP contribution in [-0.2, 0) is 0 Å². The maximum absolute atomic E-state index is 5.50. The first-order valence-electron chi connectivity index (χ1n) is 6.53. The number of anilines is 2. The quantitative estimate of drug-likeness (QED) is 0.535. The van der Waals surface area contributed by atoms with Crippen LogP contribution in [0.5, 0.6) is 0 Å². The molecule has 1 aromatic rings. The van der Waals surface area contributed by atoms with Crippen LogP contribution in [0.1, 0.15) is 52.5 Å². The van der Waals surface area contributed by atoms with Gasteiger partial charge in [0.15, 0.2) is 0 Å². The molecule has 0 saturated carbocycles. The Kier molecular flexibility index (Phi) is 5.34. The van der Waals surface area contributed by atoms with Crippen LogP contribution in [0.15, 0.2) is 6.33 Å². The smallest absolute Gasteiger partial charge is 0.148 e. The lowest BCUT2D eigenvalue weighted by Gasteiger charge is -2.21. The van der Waals surface area contributed by atoms with Crippen LogP contribution in [0.3, 0.4) is 0 Å². The van der Waals surface area contributed by atoms with Gasteiger partial charge in [0.25, 0.3) is 0 Å². The Morgan fingerprint density at radius 3 is 2.22 bits per heavy atom. The van der Waals surface area contributed by atoms with Gasteiger partial charge in [-0.1, -0.05) is 27.7 Å². The topological polar surface area (TPSA) is 75.9 Å². The number of nitrogens with one attached hydrogen (secondary N) is 2. The van der Waals surface area contributed by atoms with E-state index in [9.17, 15) is 0 Å². The summed E-state index contributed by atoms with van der Waals surface area (Å²) in [5, 5.41) is 3.45. The summed E-state index contributed by atoms with van der Waals surface area (Å²) >= 11 is 0. The maximum Gasteiger partial charge on any atom is 0.148 e. The fourth-order valence-electron chi connectivity index (χ4n) is 2.17. The molecule has 0 amide bonds. The average Bonchev–Trinajstić information content (AvgIpc) is 2.26. The van der Waals surface area contributed by atoms with Gasteiger partial charge in [-0.3, -0.25) is 0 Å². The van der Waals surface area contributed by atoms with Crippen molar-refractivity contribution in [3.8, 4) is 0 Å². The van der Waals surface area contributed by atoms with Crippen molar-refractivity contribution >= 4 is 11.6 Å². The summed E-state index contributed by atoms with van der Waals surface area (Å²) in [5.74, 6) is 8.04. The van der Waals surface area contributed by atoms with Gasteiger partial charge >= 0.3 is 0 Å². The summed E-state index contributed by atoms with van der Waals surface area (Å²) in [4.78, 5) is 8.50. The minimum absolute atomic E-state index is 0.311. The van der Waals surface area contributed by atoms with E-state index in [0.29, 0.717) is 23.7 Å². The molecule has 1 unspecified atom stereocenters. The molecular formula is C13H25N5. The minimum atomic E-state index is 0.311. The predicted octanol–water partition coefficient (Wildman–Crippen LogP) is 2.73. The molecule has 0 aliphatic heterocycles. The SMILES string of the molecule is CC(C)CC(C)Nc1ncnc(NN)c1C(C)C. The molecule has 5 nitrogen and oxygen atoms in total. The zero-order chi connectivity index (χ0) is 13.7. The second-order valence-electron chi connectivity index (χ2n) is 5.46. The van der Waals surface area contributed by atoms with Crippen LogP contribution >= 0.6 is 0 Å². The fourth-order valence-corrected chi connectivity index (χ4v) is 2.17. The van der Waals surface area contributed by atoms with Crippen LogP contribution in [0.2, 0.25) is 0 Å². The third-order valence-corrected chi connectivity index (χ3v) is 2.81. The average molecular weight is 251 g/mol. The van der Waals surface area contributed by atoms with E-state index in [-0.39, 0.29) is 0 Å². The van der Waals surface area contributed by atoms with Crippen molar-refractivity contribution in [2.75, 3.05) is 10.7 Å². The van der Waals surface area contributed by atoms with E-state index >= 15 is 0 Å². The van der Waals surface area contributed by atoms with Gasteiger partial charge in [-0.25, -0.2) is 15.8 Å². The molecule has 18 heavy (non-hydrogen) atoms. The molecule has 0 bridgehead atoms. The fraction of sp³-hybridized carbons (Fsp3) is 0.692. The lowest BCUT2D eigenvalue weighted by atomic mass is 10.0. The molecule has 0 aliphatic rings. The highest BCUT2D eigenvalue weighted by Crippen LogP contribution is 2.28. The van der Waals surface area contributed by atoms with Crippen molar-refractivity contribution in [3.05, 3.63) is 11.9 Å². The van der Waals surface area contributed by atoms with E-state index in [4.69, 9.17) is 5.84 Å². The second kappa shape index (κ2) is 6.54. The van der Waals surface area contributed by atoms with Gasteiger partial charge in [-0.2, -0.15) is 0 Å². The van der Waals surface area contributed by atoms with Crippen molar-refractivity contribution < 1.29 is 0 Å². The summed E-state index contributed by atoms with van der Waals surface area (Å²) in [7, 11) is 0. The van der Waals surface area contributed by atoms with E-state index in [1.54, 1.807) is 0 Å². The Morgan fingerprint density at radius 2 is 1.72 bits per heavy atom. The third-order valence-electron chi connectivity index (χ3n) is 2.81. The number of nitrogens with zero attached hydrogens (tertiary/aromatic N) is 2. The molecule has 0 fully saturated rings. The summed E-state index contributed by atoms with van der Waals surface area (Å²) < 4.78 is 0. The molecule has 102 valence electrons. The Labute approximate surface area is 110 Å². The molecule has 0 aromatic carbocycles. The van der Waals surface area contributed by atoms with Gasteiger partial charge in [0.2, 0.25) is 0 Å². The van der Waals surface area contributed by atoms with Crippen LogP contribution < -0.4 is 16.6 Å². The first-order chi connectivity index (χ1) is 8.45. The van der Waals surface area contributed by atoms with Crippen molar-refractivity contribution in [2.45, 2.75) is 53.0 Å². The number of nitrogens with two attached hydrogens (primary N) is 1. The van der Waals surface area contributed by atoms with Crippen molar-refractivity contribution in [3.63, 3.8) is 0 Å². The third kappa shape index (κ3) is 3.84. The highest BCUT2D eigenvalue weighted by molar-refractivity contribution is 5.58. The summed E-state index contributed by atoms with van der Waals surface area (Å²) in [6.45, 7) is 10.8. The van der Waals surface area contributed by atoms with E-state index in [1.807, 2.05) is 0 Å². The molecule has 0 saturated heterocycles. The number of hydrogen-bond donors (Lipinski definition) is 3. The summed E-state index contributed by atoms with van der Waals surface area (Å²) in [5.41, 5.74) is 3.68. The zero-order valence-electron chi connectivity index (χ0n) is 12.0. The number of hydrogen-bond acceptors (Lipinski definition) is 5. The Bertz CT molecular complexity index is 376. The molecule has 0 aliphatic carbocycles. The van der Waals surface area contributed by atoms with E-state index in [2.05, 4.69) is 55.3 Å². The second-order valence-corrected chi connectivity index (χ2v) is 5.46. The maximum atomic E-state index is 5.50. The van der Waals surface area contributed by atoms with Crippen LogP contribution in [-0.4, -0.2) is 16.0 Å². The van der Waals surface area contributed by atoms with Gasteiger partial charge in [0.05, 0.1) is 0 Å². The highest BCUT2D eigenvalue weighted by atomic mass is 15.3. The molecule has 1 atom stereocenters. The molecule has 1 aromatic heterocycles. The normalized spacial score (nSPS) is 12.9. The molecule has 1 heterocycles. The number of aromatic nitrogens is 2. The largest absolute Gasteiger partial charge is 0.367 e. The van der Waals surface area contributed by atoms with Gasteiger partial charge in [0, 0.05) is 11.6 Å². The molecule has 1 rings (SSSR count). The standard InChI is InChI=1S/C13H25N5/c1-8(2)6-10(5)17-12-11(9(3)4)13(18-14)16-7-15-12/h7-10H,6,14H2,1-5H3,(H2,15,16,17,18). The summed E-state index contributed by atoms with van der Waals surface area (Å²) in [6, 6.07) is 0.378. The summed E-state index contributed by atoms with van der Waals surface area (Å²) in [6.07, 6.45) is 2.64. The molecule has 0 spiro atoms. The molecular weight excluding hydrogens is 226 g/mol. The van der Waals surface area contributed by atoms with Crippen molar-refractivity contribution in [1.29, 1.82) is 0 Å². The Balaban J connectivity index is 2.94. The zero-order valence-corrected chi connectivity index (χ0v) is 12.0. The van der Waals surface area contributed by atoms with E-state index in [0.717, 1.165) is 17.8 Å². The first kappa shape index (κ1) is 14.7. The lowest BCUT2D eigenvalue weighted by Crippen LogP contribution is -2.21. The van der Waals surface area contributed by atoms with Gasteiger partial charge < -0.3 is 10.7 Å². The number of rotatable bonds is 6. The Hall–Kier alpha value is -1.36. The number of hydrazine groups is 1. The van der Waals surface area contributed by atoms with Crippen LogP contribution in [0, 0.1) is 5.92 Å². The first-order valence-corrected chi connectivity index (χ1v) is 6.53. The van der Waals surface area contributed by atoms with Crippen LogP contribution in [0.4, 0.5) is 11.6 Å². The van der Waals surface area contributed by atoms with Crippen molar-refractivity contribution in [1.82, 2.24) is 9.97 Å². The molecule has 0 radical (unpaired) electrons.